The lowest BCUT2D eigenvalue weighted by Gasteiger charge is -2.34. The standard InChI is InChI=1S/C20H27N5O3/c1-4-14(2)21-18(26)13-24-9-11-25(12-10-24)20(27)17-7-5-16(6-8-17)19-22-15(3)23-28-19/h5-8,14H,4,9-13H2,1-3H3,(H,21,26). The van der Waals surface area contributed by atoms with E-state index in [-0.39, 0.29) is 17.9 Å². The fraction of sp³-hybridized carbons (Fsp3) is 0.500. The van der Waals surface area contributed by atoms with E-state index in [1.165, 1.54) is 0 Å². The molecule has 3 rings (SSSR count). The van der Waals surface area contributed by atoms with Gasteiger partial charge in [-0.3, -0.25) is 14.5 Å². The van der Waals surface area contributed by atoms with Gasteiger partial charge in [0.25, 0.3) is 11.8 Å². The van der Waals surface area contributed by atoms with Gasteiger partial charge in [0.05, 0.1) is 6.54 Å². The Morgan fingerprint density at radius 2 is 1.86 bits per heavy atom. The van der Waals surface area contributed by atoms with Gasteiger partial charge in [-0.25, -0.2) is 0 Å². The van der Waals surface area contributed by atoms with E-state index in [0.717, 1.165) is 12.0 Å². The predicted molar refractivity (Wildman–Crippen MR) is 105 cm³/mol. The van der Waals surface area contributed by atoms with Gasteiger partial charge in [0, 0.05) is 43.3 Å². The highest BCUT2D eigenvalue weighted by molar-refractivity contribution is 5.94. The lowest BCUT2D eigenvalue weighted by atomic mass is 10.1. The number of hydrogen-bond donors (Lipinski definition) is 1. The Kier molecular flexibility index (Phi) is 6.41. The zero-order chi connectivity index (χ0) is 20.1. The molecule has 1 fully saturated rings. The highest BCUT2D eigenvalue weighted by Crippen LogP contribution is 2.18. The highest BCUT2D eigenvalue weighted by atomic mass is 16.5. The maximum absolute atomic E-state index is 12.7. The summed E-state index contributed by atoms with van der Waals surface area (Å²) in [6.45, 7) is 8.80. The van der Waals surface area contributed by atoms with Crippen LogP contribution in [0.2, 0.25) is 0 Å². The second-order valence-electron chi connectivity index (χ2n) is 7.17. The summed E-state index contributed by atoms with van der Waals surface area (Å²) in [5, 5.41) is 6.76. The Labute approximate surface area is 164 Å². The minimum atomic E-state index is -0.00281. The zero-order valence-electron chi connectivity index (χ0n) is 16.6. The van der Waals surface area contributed by atoms with E-state index in [4.69, 9.17) is 4.52 Å². The average molecular weight is 385 g/mol. The van der Waals surface area contributed by atoms with Gasteiger partial charge in [0.1, 0.15) is 0 Å². The van der Waals surface area contributed by atoms with Crippen molar-refractivity contribution in [1.82, 2.24) is 25.3 Å². The van der Waals surface area contributed by atoms with Crippen LogP contribution in [-0.4, -0.2) is 70.5 Å². The van der Waals surface area contributed by atoms with Crippen LogP contribution in [-0.2, 0) is 4.79 Å². The summed E-state index contributed by atoms with van der Waals surface area (Å²) in [6.07, 6.45) is 0.916. The molecule has 1 unspecified atom stereocenters. The van der Waals surface area contributed by atoms with E-state index in [1.54, 1.807) is 19.1 Å². The first-order chi connectivity index (χ1) is 13.5. The number of carbonyl (C=O) groups excluding carboxylic acids is 2. The quantitative estimate of drug-likeness (QED) is 0.814. The van der Waals surface area contributed by atoms with E-state index >= 15 is 0 Å². The molecular formula is C20H27N5O3. The Hall–Kier alpha value is -2.74. The normalized spacial score (nSPS) is 16.0. The van der Waals surface area contributed by atoms with Crippen molar-refractivity contribution in [3.8, 4) is 11.5 Å². The Bertz CT molecular complexity index is 810. The van der Waals surface area contributed by atoms with Crippen LogP contribution in [0.3, 0.4) is 0 Å². The van der Waals surface area contributed by atoms with Crippen LogP contribution in [0.15, 0.2) is 28.8 Å². The summed E-state index contributed by atoms with van der Waals surface area (Å²) in [6, 6.07) is 7.38. The third-order valence-electron chi connectivity index (χ3n) is 4.95. The van der Waals surface area contributed by atoms with E-state index < -0.39 is 0 Å². The van der Waals surface area contributed by atoms with Crippen molar-refractivity contribution in [3.05, 3.63) is 35.7 Å². The van der Waals surface area contributed by atoms with Gasteiger partial charge in [-0.05, 0) is 44.5 Å². The van der Waals surface area contributed by atoms with Crippen LogP contribution in [0.1, 0.15) is 36.5 Å². The molecule has 0 bridgehead atoms. The van der Waals surface area contributed by atoms with E-state index in [1.807, 2.05) is 30.9 Å². The molecule has 1 N–H and O–H groups in total. The second kappa shape index (κ2) is 8.97. The molecule has 1 aliphatic rings. The fourth-order valence-corrected chi connectivity index (χ4v) is 3.09. The lowest BCUT2D eigenvalue weighted by Crippen LogP contribution is -2.51. The van der Waals surface area contributed by atoms with Crippen LogP contribution in [0.4, 0.5) is 0 Å². The number of benzene rings is 1. The minimum absolute atomic E-state index is 0.00281. The third kappa shape index (κ3) is 4.95. The SMILES string of the molecule is CCC(C)NC(=O)CN1CCN(C(=O)c2ccc(-c3nc(C)no3)cc2)CC1. The number of carbonyl (C=O) groups is 2. The number of piperazine rings is 1. The van der Waals surface area contributed by atoms with Gasteiger partial charge < -0.3 is 14.7 Å². The molecule has 0 saturated carbocycles. The first-order valence-electron chi connectivity index (χ1n) is 9.68. The van der Waals surface area contributed by atoms with Crippen LogP contribution in [0, 0.1) is 6.92 Å². The molecule has 1 atom stereocenters. The van der Waals surface area contributed by atoms with Crippen LogP contribution >= 0.6 is 0 Å². The minimum Gasteiger partial charge on any atom is -0.353 e. The predicted octanol–water partition coefficient (Wildman–Crippen LogP) is 1.72. The average Bonchev–Trinajstić information content (AvgIpc) is 3.14. The Morgan fingerprint density at radius 3 is 2.43 bits per heavy atom. The summed E-state index contributed by atoms with van der Waals surface area (Å²) in [5.41, 5.74) is 1.41. The number of nitrogens with zero attached hydrogens (tertiary/aromatic N) is 4. The van der Waals surface area contributed by atoms with E-state index in [2.05, 4.69) is 20.4 Å². The molecule has 2 amide bonds. The number of rotatable bonds is 6. The molecule has 28 heavy (non-hydrogen) atoms. The summed E-state index contributed by atoms with van der Waals surface area (Å²) < 4.78 is 5.15. The number of nitrogens with one attached hydrogen (secondary N) is 1. The van der Waals surface area contributed by atoms with Gasteiger partial charge in [-0.1, -0.05) is 12.1 Å². The molecule has 0 aliphatic carbocycles. The fourth-order valence-electron chi connectivity index (χ4n) is 3.09. The first-order valence-corrected chi connectivity index (χ1v) is 9.68. The summed E-state index contributed by atoms with van der Waals surface area (Å²) in [5.74, 6) is 1.06. The number of hydrogen-bond acceptors (Lipinski definition) is 6. The molecule has 1 aromatic carbocycles. The maximum Gasteiger partial charge on any atom is 0.257 e. The molecule has 1 saturated heterocycles. The molecule has 8 nitrogen and oxygen atoms in total. The molecule has 0 radical (unpaired) electrons. The van der Waals surface area contributed by atoms with Gasteiger partial charge in [-0.2, -0.15) is 4.98 Å². The van der Waals surface area contributed by atoms with Gasteiger partial charge in [0.15, 0.2) is 5.82 Å². The molecule has 0 spiro atoms. The monoisotopic (exact) mass is 385 g/mol. The molecule has 150 valence electrons. The Morgan fingerprint density at radius 1 is 1.18 bits per heavy atom. The van der Waals surface area contributed by atoms with Crippen molar-refractivity contribution < 1.29 is 14.1 Å². The lowest BCUT2D eigenvalue weighted by molar-refractivity contribution is -0.123. The van der Waals surface area contributed by atoms with Crippen molar-refractivity contribution >= 4 is 11.8 Å². The van der Waals surface area contributed by atoms with Gasteiger partial charge in [0.2, 0.25) is 5.91 Å². The maximum atomic E-state index is 12.7. The number of aromatic nitrogens is 2. The summed E-state index contributed by atoms with van der Waals surface area (Å²) in [7, 11) is 0. The molecule has 2 aromatic rings. The molecule has 8 heteroatoms. The van der Waals surface area contributed by atoms with Crippen LogP contribution in [0.25, 0.3) is 11.5 Å². The van der Waals surface area contributed by atoms with Crippen molar-refractivity contribution in [2.75, 3.05) is 32.7 Å². The molecular weight excluding hydrogens is 358 g/mol. The first kappa shape index (κ1) is 20.0. The topological polar surface area (TPSA) is 91.6 Å². The number of aryl methyl sites for hydroxylation is 1. The van der Waals surface area contributed by atoms with Crippen LogP contribution < -0.4 is 5.32 Å². The Balaban J connectivity index is 1.51. The van der Waals surface area contributed by atoms with Crippen molar-refractivity contribution in [3.63, 3.8) is 0 Å². The van der Waals surface area contributed by atoms with E-state index in [9.17, 15) is 9.59 Å². The number of amides is 2. The molecule has 1 aromatic heterocycles. The van der Waals surface area contributed by atoms with Gasteiger partial charge in [-0.15, -0.1) is 0 Å². The van der Waals surface area contributed by atoms with Crippen molar-refractivity contribution in [2.45, 2.75) is 33.2 Å². The smallest absolute Gasteiger partial charge is 0.257 e. The molecule has 2 heterocycles. The summed E-state index contributed by atoms with van der Waals surface area (Å²) >= 11 is 0. The van der Waals surface area contributed by atoms with Crippen LogP contribution in [0.5, 0.6) is 0 Å². The summed E-state index contributed by atoms with van der Waals surface area (Å²) in [4.78, 5) is 32.9. The van der Waals surface area contributed by atoms with Crippen molar-refractivity contribution in [2.24, 2.45) is 0 Å². The zero-order valence-corrected chi connectivity index (χ0v) is 16.6. The van der Waals surface area contributed by atoms with Crippen molar-refractivity contribution in [1.29, 1.82) is 0 Å². The van der Waals surface area contributed by atoms with Gasteiger partial charge >= 0.3 is 0 Å². The molecule has 1 aliphatic heterocycles. The van der Waals surface area contributed by atoms with E-state index in [0.29, 0.717) is 50.0 Å². The highest BCUT2D eigenvalue weighted by Gasteiger charge is 2.23. The third-order valence-corrected chi connectivity index (χ3v) is 4.95. The largest absolute Gasteiger partial charge is 0.353 e. The second-order valence-corrected chi connectivity index (χ2v) is 7.17.